The SMILES string of the molecule is CC(CCN)c1cc2c(c(Br)c1O)CCC2. The Kier molecular flexibility index (Phi) is 3.55. The molecule has 0 fully saturated rings. The molecular formula is C13H18BrNO. The molecule has 0 spiro atoms. The molecule has 0 saturated heterocycles. The zero-order valence-electron chi connectivity index (χ0n) is 9.59. The van der Waals surface area contributed by atoms with Crippen LogP contribution in [0.3, 0.4) is 0 Å². The average molecular weight is 284 g/mol. The summed E-state index contributed by atoms with van der Waals surface area (Å²) in [6, 6.07) is 2.17. The molecule has 0 aromatic heterocycles. The summed E-state index contributed by atoms with van der Waals surface area (Å²) in [6.45, 7) is 2.78. The summed E-state index contributed by atoms with van der Waals surface area (Å²) in [4.78, 5) is 0. The van der Waals surface area contributed by atoms with Crippen LogP contribution >= 0.6 is 15.9 Å². The van der Waals surface area contributed by atoms with E-state index in [9.17, 15) is 5.11 Å². The molecule has 1 unspecified atom stereocenters. The van der Waals surface area contributed by atoms with Crippen molar-refractivity contribution in [3.8, 4) is 5.75 Å². The lowest BCUT2D eigenvalue weighted by Crippen LogP contribution is -2.05. The maximum Gasteiger partial charge on any atom is 0.133 e. The summed E-state index contributed by atoms with van der Waals surface area (Å²) in [6.07, 6.45) is 4.33. The maximum absolute atomic E-state index is 10.2. The molecule has 3 N–H and O–H groups in total. The van der Waals surface area contributed by atoms with Crippen molar-refractivity contribution in [3.05, 3.63) is 27.2 Å². The van der Waals surface area contributed by atoms with Crippen LogP contribution in [-0.4, -0.2) is 11.7 Å². The Labute approximate surface area is 105 Å². The number of hydrogen-bond acceptors (Lipinski definition) is 2. The fourth-order valence-electron chi connectivity index (χ4n) is 2.48. The lowest BCUT2D eigenvalue weighted by Gasteiger charge is -2.16. The largest absolute Gasteiger partial charge is 0.506 e. The Morgan fingerprint density at radius 3 is 2.94 bits per heavy atom. The maximum atomic E-state index is 10.2. The van der Waals surface area contributed by atoms with E-state index in [4.69, 9.17) is 5.73 Å². The van der Waals surface area contributed by atoms with E-state index in [1.54, 1.807) is 0 Å². The minimum atomic E-state index is 0.326. The molecule has 16 heavy (non-hydrogen) atoms. The van der Waals surface area contributed by atoms with E-state index >= 15 is 0 Å². The molecule has 1 atom stereocenters. The summed E-state index contributed by atoms with van der Waals surface area (Å²) in [5.74, 6) is 0.744. The lowest BCUT2D eigenvalue weighted by molar-refractivity contribution is 0.456. The number of nitrogens with two attached hydrogens (primary N) is 1. The molecule has 0 saturated carbocycles. The topological polar surface area (TPSA) is 46.2 Å². The zero-order chi connectivity index (χ0) is 11.7. The number of rotatable bonds is 3. The van der Waals surface area contributed by atoms with E-state index in [1.807, 2.05) is 0 Å². The van der Waals surface area contributed by atoms with Crippen molar-refractivity contribution in [2.75, 3.05) is 6.54 Å². The van der Waals surface area contributed by atoms with E-state index in [0.29, 0.717) is 18.2 Å². The van der Waals surface area contributed by atoms with Crippen molar-refractivity contribution in [3.63, 3.8) is 0 Å². The van der Waals surface area contributed by atoms with E-state index < -0.39 is 0 Å². The lowest BCUT2D eigenvalue weighted by atomic mass is 9.93. The first-order valence-corrected chi connectivity index (χ1v) is 6.67. The van der Waals surface area contributed by atoms with Crippen molar-refractivity contribution in [1.29, 1.82) is 0 Å². The number of fused-ring (bicyclic) bond motifs is 1. The van der Waals surface area contributed by atoms with Crippen molar-refractivity contribution in [2.24, 2.45) is 5.73 Å². The highest BCUT2D eigenvalue weighted by Crippen LogP contribution is 2.41. The fourth-order valence-corrected chi connectivity index (χ4v) is 3.17. The Balaban J connectivity index is 2.43. The normalized spacial score (nSPS) is 16.2. The molecule has 2 nitrogen and oxygen atoms in total. The van der Waals surface area contributed by atoms with Gasteiger partial charge in [-0.3, -0.25) is 0 Å². The highest BCUT2D eigenvalue weighted by Gasteiger charge is 2.21. The predicted octanol–water partition coefficient (Wildman–Crippen LogP) is 3.10. The van der Waals surface area contributed by atoms with Gasteiger partial charge in [0, 0.05) is 0 Å². The molecule has 1 aliphatic carbocycles. The van der Waals surface area contributed by atoms with E-state index in [-0.39, 0.29) is 0 Å². The van der Waals surface area contributed by atoms with Crippen molar-refractivity contribution >= 4 is 15.9 Å². The summed E-state index contributed by atoms with van der Waals surface area (Å²) in [7, 11) is 0. The first-order chi connectivity index (χ1) is 7.65. The molecule has 0 radical (unpaired) electrons. The van der Waals surface area contributed by atoms with Gasteiger partial charge in [0.05, 0.1) is 4.47 Å². The standard InChI is InChI=1S/C13H18BrNO/c1-8(5-6-15)11-7-9-3-2-4-10(9)12(14)13(11)16/h7-8,16H,2-6,15H2,1H3. The Hall–Kier alpha value is -0.540. The van der Waals surface area contributed by atoms with Crippen LogP contribution in [-0.2, 0) is 12.8 Å². The van der Waals surface area contributed by atoms with Crippen molar-refractivity contribution in [2.45, 2.75) is 38.5 Å². The van der Waals surface area contributed by atoms with Crippen LogP contribution in [0.15, 0.2) is 10.5 Å². The molecule has 88 valence electrons. The minimum Gasteiger partial charge on any atom is -0.506 e. The van der Waals surface area contributed by atoms with Gasteiger partial charge in [-0.15, -0.1) is 0 Å². The second-order valence-electron chi connectivity index (χ2n) is 4.60. The molecular weight excluding hydrogens is 266 g/mol. The summed E-state index contributed by atoms with van der Waals surface area (Å²) in [5, 5.41) is 10.2. The molecule has 0 amide bonds. The molecule has 1 aromatic carbocycles. The number of hydrogen-bond donors (Lipinski definition) is 2. The van der Waals surface area contributed by atoms with Gasteiger partial charge in [0.25, 0.3) is 0 Å². The second-order valence-corrected chi connectivity index (χ2v) is 5.39. The Morgan fingerprint density at radius 2 is 2.25 bits per heavy atom. The summed E-state index contributed by atoms with van der Waals surface area (Å²) < 4.78 is 0.904. The molecule has 1 aromatic rings. The Morgan fingerprint density at radius 1 is 1.50 bits per heavy atom. The highest BCUT2D eigenvalue weighted by atomic mass is 79.9. The van der Waals surface area contributed by atoms with Gasteiger partial charge in [-0.25, -0.2) is 0 Å². The monoisotopic (exact) mass is 283 g/mol. The molecule has 0 aliphatic heterocycles. The number of halogens is 1. The highest BCUT2D eigenvalue weighted by molar-refractivity contribution is 9.10. The smallest absolute Gasteiger partial charge is 0.133 e. The van der Waals surface area contributed by atoms with Gasteiger partial charge < -0.3 is 10.8 Å². The van der Waals surface area contributed by atoms with Gasteiger partial charge >= 0.3 is 0 Å². The second kappa shape index (κ2) is 4.76. The Bertz CT molecular complexity index is 403. The van der Waals surface area contributed by atoms with E-state index in [0.717, 1.165) is 29.3 Å². The molecule has 0 bridgehead atoms. The van der Waals surface area contributed by atoms with Crippen LogP contribution in [0.25, 0.3) is 0 Å². The van der Waals surface area contributed by atoms with Crippen molar-refractivity contribution in [1.82, 2.24) is 0 Å². The number of phenolic OH excluding ortho intramolecular Hbond substituents is 1. The van der Waals surface area contributed by atoms with Gasteiger partial charge in [-0.1, -0.05) is 13.0 Å². The van der Waals surface area contributed by atoms with Crippen LogP contribution in [0.1, 0.15) is 42.4 Å². The zero-order valence-corrected chi connectivity index (χ0v) is 11.2. The van der Waals surface area contributed by atoms with E-state index in [1.165, 1.54) is 17.5 Å². The number of aryl methyl sites for hydroxylation is 1. The van der Waals surface area contributed by atoms with Crippen LogP contribution in [0.5, 0.6) is 5.75 Å². The third kappa shape index (κ3) is 1.98. The molecule has 1 aliphatic rings. The number of aromatic hydroxyl groups is 1. The van der Waals surface area contributed by atoms with Crippen LogP contribution < -0.4 is 5.73 Å². The molecule has 0 heterocycles. The minimum absolute atomic E-state index is 0.326. The van der Waals surface area contributed by atoms with Gasteiger partial charge in [-0.05, 0) is 70.8 Å². The predicted molar refractivity (Wildman–Crippen MR) is 69.9 cm³/mol. The first-order valence-electron chi connectivity index (χ1n) is 5.88. The van der Waals surface area contributed by atoms with Gasteiger partial charge in [0.1, 0.15) is 5.75 Å². The number of phenols is 1. The van der Waals surface area contributed by atoms with Gasteiger partial charge in [-0.2, -0.15) is 0 Å². The van der Waals surface area contributed by atoms with Crippen LogP contribution in [0.2, 0.25) is 0 Å². The van der Waals surface area contributed by atoms with Crippen LogP contribution in [0.4, 0.5) is 0 Å². The first kappa shape index (κ1) is 11.9. The third-order valence-corrected chi connectivity index (χ3v) is 4.32. The van der Waals surface area contributed by atoms with Crippen LogP contribution in [0, 0.1) is 0 Å². The van der Waals surface area contributed by atoms with E-state index in [2.05, 4.69) is 28.9 Å². The molecule has 3 heteroatoms. The van der Waals surface area contributed by atoms with Gasteiger partial charge in [0.15, 0.2) is 0 Å². The fraction of sp³-hybridized carbons (Fsp3) is 0.538. The summed E-state index contributed by atoms with van der Waals surface area (Å²) >= 11 is 3.52. The average Bonchev–Trinajstić information content (AvgIpc) is 2.71. The number of benzene rings is 1. The van der Waals surface area contributed by atoms with Gasteiger partial charge in [0.2, 0.25) is 0 Å². The summed E-state index contributed by atoms with van der Waals surface area (Å²) in [5.41, 5.74) is 9.30. The van der Waals surface area contributed by atoms with Crippen molar-refractivity contribution < 1.29 is 5.11 Å². The third-order valence-electron chi connectivity index (χ3n) is 3.47. The molecule has 2 rings (SSSR count). The quantitative estimate of drug-likeness (QED) is 0.896.